The molecule has 0 radical (unpaired) electrons. The molecule has 1 saturated heterocycles. The monoisotopic (exact) mass is 403 g/mol. The minimum Gasteiger partial charge on any atom is -0.444 e. The number of ether oxygens (including phenoxy) is 1. The first-order valence-corrected chi connectivity index (χ1v) is 9.25. The second kappa shape index (κ2) is 9.31. The maximum Gasteiger partial charge on any atom is 0.408 e. The van der Waals surface area contributed by atoms with E-state index in [4.69, 9.17) is 4.74 Å². The van der Waals surface area contributed by atoms with Gasteiger partial charge < -0.3 is 15.4 Å². The van der Waals surface area contributed by atoms with Crippen molar-refractivity contribution in [3.8, 4) is 0 Å². The van der Waals surface area contributed by atoms with Crippen LogP contribution in [0.5, 0.6) is 0 Å². The van der Waals surface area contributed by atoms with E-state index in [-0.39, 0.29) is 31.7 Å². The van der Waals surface area contributed by atoms with Crippen LogP contribution in [0.15, 0.2) is 30.3 Å². The molecule has 4 amide bonds. The van der Waals surface area contributed by atoms with Gasteiger partial charge in [-0.25, -0.2) is 4.79 Å². The standard InChI is InChI=1S/C20H25N3O6/c1-20(2,3)29-19(28)21-11-16(25)22-14-9-10-17(26)23(18(14)27)12-15(24)13-7-5-4-6-8-13/h4-8,14H,9-12H2,1-3H3,(H,21,28)(H,22,25). The average molecular weight is 403 g/mol. The topological polar surface area (TPSA) is 122 Å². The summed E-state index contributed by atoms with van der Waals surface area (Å²) in [5.41, 5.74) is -0.313. The van der Waals surface area contributed by atoms with Crippen molar-refractivity contribution in [1.29, 1.82) is 0 Å². The second-order valence-electron chi connectivity index (χ2n) is 7.62. The quantitative estimate of drug-likeness (QED) is 0.540. The third kappa shape index (κ3) is 6.70. The molecule has 29 heavy (non-hydrogen) atoms. The highest BCUT2D eigenvalue weighted by Crippen LogP contribution is 2.14. The molecule has 1 fully saturated rings. The molecule has 9 nitrogen and oxygen atoms in total. The lowest BCUT2D eigenvalue weighted by molar-refractivity contribution is -0.150. The van der Waals surface area contributed by atoms with Gasteiger partial charge in [-0.1, -0.05) is 30.3 Å². The molecule has 1 aliphatic heterocycles. The summed E-state index contributed by atoms with van der Waals surface area (Å²) in [7, 11) is 0. The van der Waals surface area contributed by atoms with E-state index in [1.807, 2.05) is 0 Å². The van der Waals surface area contributed by atoms with Crippen LogP contribution in [-0.2, 0) is 19.1 Å². The van der Waals surface area contributed by atoms with Gasteiger partial charge in [-0.3, -0.25) is 24.1 Å². The van der Waals surface area contributed by atoms with Crippen molar-refractivity contribution >= 4 is 29.6 Å². The van der Waals surface area contributed by atoms with E-state index < -0.39 is 35.5 Å². The molecule has 0 bridgehead atoms. The van der Waals surface area contributed by atoms with Crippen molar-refractivity contribution < 1.29 is 28.7 Å². The van der Waals surface area contributed by atoms with Gasteiger partial charge in [-0.15, -0.1) is 0 Å². The molecule has 0 saturated carbocycles. The zero-order chi connectivity index (χ0) is 21.6. The fraction of sp³-hybridized carbons (Fsp3) is 0.450. The lowest BCUT2D eigenvalue weighted by Crippen LogP contribution is -2.56. The number of carbonyl (C=O) groups is 5. The number of imide groups is 1. The van der Waals surface area contributed by atoms with Crippen molar-refractivity contribution in [3.63, 3.8) is 0 Å². The molecule has 1 atom stereocenters. The second-order valence-corrected chi connectivity index (χ2v) is 7.62. The van der Waals surface area contributed by atoms with Gasteiger partial charge in [0.05, 0.1) is 6.54 Å². The summed E-state index contributed by atoms with van der Waals surface area (Å²) in [4.78, 5) is 61.6. The van der Waals surface area contributed by atoms with Crippen molar-refractivity contribution in [2.75, 3.05) is 13.1 Å². The maximum absolute atomic E-state index is 12.6. The van der Waals surface area contributed by atoms with Gasteiger partial charge in [0, 0.05) is 12.0 Å². The Balaban J connectivity index is 1.91. The molecular weight excluding hydrogens is 378 g/mol. The minimum atomic E-state index is -0.941. The Morgan fingerprint density at radius 2 is 1.79 bits per heavy atom. The minimum absolute atomic E-state index is 0.0260. The number of alkyl carbamates (subject to hydrolysis) is 1. The number of benzene rings is 1. The summed E-state index contributed by atoms with van der Waals surface area (Å²) < 4.78 is 5.03. The molecule has 9 heteroatoms. The Morgan fingerprint density at radius 3 is 2.41 bits per heavy atom. The van der Waals surface area contributed by atoms with E-state index >= 15 is 0 Å². The Hall–Kier alpha value is -3.23. The molecule has 0 aliphatic carbocycles. The fourth-order valence-corrected chi connectivity index (χ4v) is 2.71. The number of amides is 4. The lowest BCUT2D eigenvalue weighted by atomic mass is 10.0. The average Bonchev–Trinajstić information content (AvgIpc) is 2.65. The third-order valence-electron chi connectivity index (χ3n) is 4.04. The van der Waals surface area contributed by atoms with Crippen LogP contribution >= 0.6 is 0 Å². The number of rotatable bonds is 6. The molecule has 1 aliphatic rings. The van der Waals surface area contributed by atoms with Crippen LogP contribution in [0.4, 0.5) is 4.79 Å². The van der Waals surface area contributed by atoms with Crippen LogP contribution < -0.4 is 10.6 Å². The first kappa shape index (κ1) is 22.1. The van der Waals surface area contributed by atoms with Crippen molar-refractivity contribution in [3.05, 3.63) is 35.9 Å². The highest BCUT2D eigenvalue weighted by molar-refractivity contribution is 6.07. The van der Waals surface area contributed by atoms with Crippen molar-refractivity contribution in [2.24, 2.45) is 0 Å². The van der Waals surface area contributed by atoms with Gasteiger partial charge in [0.1, 0.15) is 18.2 Å². The molecule has 2 N–H and O–H groups in total. The van der Waals surface area contributed by atoms with E-state index in [0.29, 0.717) is 5.56 Å². The molecule has 2 rings (SSSR count). The number of likely N-dealkylation sites (tertiary alicyclic amines) is 1. The number of Topliss-reactive ketones (excluding diaryl/α,β-unsaturated/α-hetero) is 1. The Bertz CT molecular complexity index is 800. The van der Waals surface area contributed by atoms with Crippen LogP contribution in [0.1, 0.15) is 44.0 Å². The van der Waals surface area contributed by atoms with Gasteiger partial charge in [0.2, 0.25) is 11.8 Å². The summed E-state index contributed by atoms with van der Waals surface area (Å²) in [5, 5.41) is 4.78. The fourth-order valence-electron chi connectivity index (χ4n) is 2.71. The van der Waals surface area contributed by atoms with Gasteiger partial charge in [-0.2, -0.15) is 0 Å². The molecule has 1 unspecified atom stereocenters. The highest BCUT2D eigenvalue weighted by Gasteiger charge is 2.36. The Labute approximate surface area is 168 Å². The van der Waals surface area contributed by atoms with Gasteiger partial charge >= 0.3 is 6.09 Å². The zero-order valence-corrected chi connectivity index (χ0v) is 16.7. The third-order valence-corrected chi connectivity index (χ3v) is 4.04. The van der Waals surface area contributed by atoms with Crippen LogP contribution in [-0.4, -0.2) is 59.2 Å². The molecule has 1 aromatic rings. The number of hydrogen-bond acceptors (Lipinski definition) is 6. The van der Waals surface area contributed by atoms with Crippen LogP contribution in [0.25, 0.3) is 0 Å². The SMILES string of the molecule is CC(C)(C)OC(=O)NCC(=O)NC1CCC(=O)N(CC(=O)c2ccccc2)C1=O. The zero-order valence-electron chi connectivity index (χ0n) is 16.7. The molecule has 156 valence electrons. The van der Waals surface area contributed by atoms with Crippen molar-refractivity contribution in [1.82, 2.24) is 15.5 Å². The predicted octanol–water partition coefficient (Wildman–Crippen LogP) is 1.03. The molecular formula is C20H25N3O6. The molecule has 0 aromatic heterocycles. The highest BCUT2D eigenvalue weighted by atomic mass is 16.6. The first-order chi connectivity index (χ1) is 13.6. The molecule has 1 aromatic carbocycles. The van der Waals surface area contributed by atoms with E-state index in [9.17, 15) is 24.0 Å². The van der Waals surface area contributed by atoms with Crippen LogP contribution in [0, 0.1) is 0 Å². The summed E-state index contributed by atoms with van der Waals surface area (Å²) in [6.45, 7) is 4.31. The number of carbonyl (C=O) groups excluding carboxylic acids is 5. The van der Waals surface area contributed by atoms with Crippen LogP contribution in [0.2, 0.25) is 0 Å². The lowest BCUT2D eigenvalue weighted by Gasteiger charge is -2.30. The largest absolute Gasteiger partial charge is 0.444 e. The van der Waals surface area contributed by atoms with Gasteiger partial charge in [-0.05, 0) is 27.2 Å². The first-order valence-electron chi connectivity index (χ1n) is 9.25. The number of hydrogen-bond donors (Lipinski definition) is 2. The number of nitrogens with one attached hydrogen (secondary N) is 2. The van der Waals surface area contributed by atoms with E-state index in [0.717, 1.165) is 4.90 Å². The smallest absolute Gasteiger partial charge is 0.408 e. The Kier molecular flexibility index (Phi) is 7.08. The number of piperidine rings is 1. The summed E-state index contributed by atoms with van der Waals surface area (Å²) in [5.74, 6) is -2.07. The van der Waals surface area contributed by atoms with Crippen molar-refractivity contribution in [2.45, 2.75) is 45.3 Å². The van der Waals surface area contributed by atoms with Crippen LogP contribution in [0.3, 0.4) is 0 Å². The Morgan fingerprint density at radius 1 is 1.14 bits per heavy atom. The molecule has 1 heterocycles. The predicted molar refractivity (Wildman–Crippen MR) is 103 cm³/mol. The number of ketones is 1. The maximum atomic E-state index is 12.6. The van der Waals surface area contributed by atoms with E-state index in [1.165, 1.54) is 0 Å². The summed E-state index contributed by atoms with van der Waals surface area (Å²) in [6, 6.07) is 7.39. The van der Waals surface area contributed by atoms with Gasteiger partial charge in [0.15, 0.2) is 5.78 Å². The van der Waals surface area contributed by atoms with Gasteiger partial charge in [0.25, 0.3) is 5.91 Å². The molecule has 0 spiro atoms. The summed E-state index contributed by atoms with van der Waals surface area (Å²) in [6.07, 6.45) is -0.600. The van der Waals surface area contributed by atoms with E-state index in [1.54, 1.807) is 51.1 Å². The summed E-state index contributed by atoms with van der Waals surface area (Å²) >= 11 is 0. The number of nitrogens with zero attached hydrogens (tertiary/aromatic N) is 1. The van der Waals surface area contributed by atoms with E-state index in [2.05, 4.69) is 10.6 Å². The normalized spacial score (nSPS) is 16.9.